The van der Waals surface area contributed by atoms with Crippen LogP contribution in [0.4, 0.5) is 0 Å². The Morgan fingerprint density at radius 3 is 2.33 bits per heavy atom. The van der Waals surface area contributed by atoms with Crippen molar-refractivity contribution in [3.63, 3.8) is 0 Å². The van der Waals surface area contributed by atoms with Crippen LogP contribution in [0.1, 0.15) is 20.0 Å². The van der Waals surface area contributed by atoms with Crippen LogP contribution in [0.25, 0.3) is 10.1 Å². The highest BCUT2D eigenvalue weighted by atomic mass is 79.9. The standard InChI is InChI=1S/C23H22BrN3O2S/c24-18-7-6-17-12-21(30-20(17)13-18)23(29)27-14-19(15-27)25-8-10-26(11-9-25)22(28)16-4-2-1-3-5-16/h1-7,12-13,19H,8-11,14-15H2. The zero-order valence-electron chi connectivity index (χ0n) is 16.5. The summed E-state index contributed by atoms with van der Waals surface area (Å²) in [6.07, 6.45) is 0. The Morgan fingerprint density at radius 2 is 1.60 bits per heavy atom. The predicted octanol–water partition coefficient (Wildman–Crippen LogP) is 3.95. The summed E-state index contributed by atoms with van der Waals surface area (Å²) in [5.74, 6) is 0.235. The molecule has 5 nitrogen and oxygen atoms in total. The molecule has 2 aliphatic heterocycles. The third-order valence-corrected chi connectivity index (χ3v) is 7.56. The maximum Gasteiger partial charge on any atom is 0.264 e. The summed E-state index contributed by atoms with van der Waals surface area (Å²) in [7, 11) is 0. The van der Waals surface area contributed by atoms with Gasteiger partial charge in [0.1, 0.15) is 0 Å². The lowest BCUT2D eigenvalue weighted by atomic mass is 10.1. The molecule has 2 aromatic carbocycles. The first kappa shape index (κ1) is 19.7. The zero-order valence-corrected chi connectivity index (χ0v) is 18.9. The molecule has 154 valence electrons. The van der Waals surface area contributed by atoms with Crippen LogP contribution in [0, 0.1) is 0 Å². The van der Waals surface area contributed by atoms with Crippen LogP contribution >= 0.6 is 27.3 Å². The predicted molar refractivity (Wildman–Crippen MR) is 123 cm³/mol. The minimum absolute atomic E-state index is 0.108. The van der Waals surface area contributed by atoms with Crippen molar-refractivity contribution in [3.05, 3.63) is 69.5 Å². The molecule has 0 aliphatic carbocycles. The van der Waals surface area contributed by atoms with Gasteiger partial charge in [-0.3, -0.25) is 14.5 Å². The van der Waals surface area contributed by atoms with E-state index in [1.165, 1.54) is 0 Å². The van der Waals surface area contributed by atoms with E-state index in [-0.39, 0.29) is 11.8 Å². The zero-order chi connectivity index (χ0) is 20.7. The summed E-state index contributed by atoms with van der Waals surface area (Å²) in [6, 6.07) is 18.0. The van der Waals surface area contributed by atoms with Crippen LogP contribution in [0.3, 0.4) is 0 Å². The Balaban J connectivity index is 1.14. The van der Waals surface area contributed by atoms with Gasteiger partial charge < -0.3 is 9.80 Å². The minimum atomic E-state index is 0.108. The number of nitrogens with zero attached hydrogens (tertiary/aromatic N) is 3. The number of halogens is 1. The molecule has 0 radical (unpaired) electrons. The molecule has 0 unspecified atom stereocenters. The van der Waals surface area contributed by atoms with Gasteiger partial charge in [0.15, 0.2) is 0 Å². The summed E-state index contributed by atoms with van der Waals surface area (Å²) in [5.41, 5.74) is 0.752. The van der Waals surface area contributed by atoms with E-state index in [2.05, 4.69) is 26.9 Å². The van der Waals surface area contributed by atoms with E-state index in [0.29, 0.717) is 6.04 Å². The number of hydrogen-bond donors (Lipinski definition) is 0. The van der Waals surface area contributed by atoms with Gasteiger partial charge >= 0.3 is 0 Å². The van der Waals surface area contributed by atoms with Crippen LogP contribution < -0.4 is 0 Å². The number of fused-ring (bicyclic) bond motifs is 1. The molecule has 2 aliphatic rings. The maximum absolute atomic E-state index is 12.9. The number of benzene rings is 2. The lowest BCUT2D eigenvalue weighted by Crippen LogP contribution is -2.64. The molecule has 2 saturated heterocycles. The summed E-state index contributed by atoms with van der Waals surface area (Å²) in [4.78, 5) is 32.6. The average molecular weight is 484 g/mol. The fourth-order valence-electron chi connectivity index (χ4n) is 4.17. The van der Waals surface area contributed by atoms with Crippen molar-refractivity contribution < 1.29 is 9.59 Å². The number of piperazine rings is 1. The minimum Gasteiger partial charge on any atom is -0.336 e. The van der Waals surface area contributed by atoms with E-state index < -0.39 is 0 Å². The smallest absolute Gasteiger partial charge is 0.264 e. The van der Waals surface area contributed by atoms with E-state index in [1.807, 2.05) is 58.3 Å². The highest BCUT2D eigenvalue weighted by molar-refractivity contribution is 9.10. The van der Waals surface area contributed by atoms with Gasteiger partial charge in [-0.1, -0.05) is 40.2 Å². The molecule has 2 amide bonds. The fraction of sp³-hybridized carbons (Fsp3) is 0.304. The van der Waals surface area contributed by atoms with Crippen LogP contribution in [0.2, 0.25) is 0 Å². The van der Waals surface area contributed by atoms with Gasteiger partial charge in [-0.2, -0.15) is 0 Å². The van der Waals surface area contributed by atoms with Crippen LogP contribution in [-0.2, 0) is 0 Å². The molecule has 2 fully saturated rings. The van der Waals surface area contributed by atoms with Gasteiger partial charge in [-0.05, 0) is 35.7 Å². The number of carbonyl (C=O) groups is 2. The number of likely N-dealkylation sites (tertiary alicyclic amines) is 1. The monoisotopic (exact) mass is 483 g/mol. The Hall–Kier alpha value is -2.22. The van der Waals surface area contributed by atoms with Gasteiger partial charge in [-0.25, -0.2) is 0 Å². The van der Waals surface area contributed by atoms with Crippen LogP contribution in [-0.4, -0.2) is 71.8 Å². The van der Waals surface area contributed by atoms with Gasteiger partial charge in [0, 0.05) is 60.0 Å². The van der Waals surface area contributed by atoms with Crippen molar-refractivity contribution in [3.8, 4) is 0 Å². The highest BCUT2D eigenvalue weighted by Gasteiger charge is 2.37. The largest absolute Gasteiger partial charge is 0.336 e. The molecule has 1 aromatic heterocycles. The summed E-state index contributed by atoms with van der Waals surface area (Å²) < 4.78 is 2.16. The van der Waals surface area contributed by atoms with Gasteiger partial charge in [-0.15, -0.1) is 11.3 Å². The van der Waals surface area contributed by atoms with E-state index in [4.69, 9.17) is 0 Å². The number of rotatable bonds is 3. The first-order chi connectivity index (χ1) is 14.6. The lowest BCUT2D eigenvalue weighted by molar-refractivity contribution is 0.00880. The topological polar surface area (TPSA) is 43.9 Å². The molecule has 3 aromatic rings. The van der Waals surface area contributed by atoms with Crippen molar-refractivity contribution in [1.29, 1.82) is 0 Å². The van der Waals surface area contributed by atoms with E-state index >= 15 is 0 Å². The second kappa shape index (κ2) is 8.13. The van der Waals surface area contributed by atoms with Crippen LogP contribution in [0.5, 0.6) is 0 Å². The van der Waals surface area contributed by atoms with Gasteiger partial charge in [0.25, 0.3) is 11.8 Å². The number of amides is 2. The summed E-state index contributed by atoms with van der Waals surface area (Å²) >= 11 is 5.05. The molecule has 30 heavy (non-hydrogen) atoms. The molecule has 0 spiro atoms. The quantitative estimate of drug-likeness (QED) is 0.566. The molecule has 0 bridgehead atoms. The van der Waals surface area contributed by atoms with E-state index in [0.717, 1.165) is 64.3 Å². The number of carbonyl (C=O) groups excluding carboxylic acids is 2. The first-order valence-corrected chi connectivity index (χ1v) is 11.8. The SMILES string of the molecule is O=C(c1ccccc1)N1CCN(C2CN(C(=O)c3cc4ccc(Br)cc4s3)C2)CC1. The van der Waals surface area contributed by atoms with Crippen molar-refractivity contribution >= 4 is 49.2 Å². The maximum atomic E-state index is 12.9. The summed E-state index contributed by atoms with van der Waals surface area (Å²) in [6.45, 7) is 4.74. The van der Waals surface area contributed by atoms with Crippen molar-refractivity contribution in [2.75, 3.05) is 39.3 Å². The molecule has 5 rings (SSSR count). The van der Waals surface area contributed by atoms with Crippen molar-refractivity contribution in [2.24, 2.45) is 0 Å². The van der Waals surface area contributed by atoms with E-state index in [9.17, 15) is 9.59 Å². The fourth-order valence-corrected chi connectivity index (χ4v) is 5.75. The molecule has 7 heteroatoms. The second-order valence-corrected chi connectivity index (χ2v) is 9.85. The Morgan fingerprint density at radius 1 is 0.867 bits per heavy atom. The normalized spacial score (nSPS) is 17.9. The Kier molecular flexibility index (Phi) is 5.35. The molecule has 0 atom stereocenters. The third kappa shape index (κ3) is 3.77. The molecular weight excluding hydrogens is 462 g/mol. The molecule has 0 saturated carbocycles. The Labute approximate surface area is 188 Å². The van der Waals surface area contributed by atoms with Gasteiger partial charge in [0.2, 0.25) is 0 Å². The second-order valence-electron chi connectivity index (χ2n) is 7.85. The lowest BCUT2D eigenvalue weighted by Gasteiger charge is -2.48. The van der Waals surface area contributed by atoms with E-state index in [1.54, 1.807) is 11.3 Å². The molecular formula is C23H22BrN3O2S. The Bertz CT molecular complexity index is 1090. The average Bonchev–Trinajstić information content (AvgIpc) is 3.16. The highest BCUT2D eigenvalue weighted by Crippen LogP contribution is 2.30. The van der Waals surface area contributed by atoms with Crippen molar-refractivity contribution in [2.45, 2.75) is 6.04 Å². The molecule has 0 N–H and O–H groups in total. The number of hydrogen-bond acceptors (Lipinski definition) is 4. The first-order valence-electron chi connectivity index (χ1n) is 10.2. The van der Waals surface area contributed by atoms with Gasteiger partial charge in [0.05, 0.1) is 4.88 Å². The molecule has 3 heterocycles. The third-order valence-electron chi connectivity index (χ3n) is 5.98. The summed E-state index contributed by atoms with van der Waals surface area (Å²) in [5, 5.41) is 1.11. The van der Waals surface area contributed by atoms with Crippen LogP contribution in [0.15, 0.2) is 59.1 Å². The van der Waals surface area contributed by atoms with Crippen molar-refractivity contribution in [1.82, 2.24) is 14.7 Å². The number of thiophene rings is 1.